The van der Waals surface area contributed by atoms with Gasteiger partial charge in [0.05, 0.1) is 4.99 Å². The van der Waals surface area contributed by atoms with Crippen molar-refractivity contribution >= 4 is 17.2 Å². The first-order valence-electron chi connectivity index (χ1n) is 8.02. The average molecular weight is 323 g/mol. The predicted molar refractivity (Wildman–Crippen MR) is 98.6 cm³/mol. The van der Waals surface area contributed by atoms with Crippen molar-refractivity contribution in [2.75, 3.05) is 20.6 Å². The summed E-state index contributed by atoms with van der Waals surface area (Å²) in [5.41, 5.74) is 3.15. The molecule has 1 aromatic carbocycles. The van der Waals surface area contributed by atoms with Crippen LogP contribution in [0, 0.1) is 12.8 Å². The summed E-state index contributed by atoms with van der Waals surface area (Å²) >= 11 is 5.37. The fourth-order valence-electron chi connectivity index (χ4n) is 2.50. The standard InChI is InChI=1S/C18H30N2OS/c1-13(2)9-15-10-14(3)18(21)16(11-15)12-19-17(22)7-6-8-20(4)5/h10-11,13,21H,6-9,12H2,1-5H3,(H,19,22). The van der Waals surface area contributed by atoms with E-state index in [-0.39, 0.29) is 0 Å². The Morgan fingerprint density at radius 2 is 2.00 bits per heavy atom. The number of nitrogens with one attached hydrogen (secondary N) is 1. The third-order valence-corrected chi connectivity index (χ3v) is 3.92. The molecule has 2 N–H and O–H groups in total. The van der Waals surface area contributed by atoms with E-state index in [1.54, 1.807) is 0 Å². The van der Waals surface area contributed by atoms with Crippen LogP contribution < -0.4 is 5.32 Å². The first-order valence-corrected chi connectivity index (χ1v) is 8.43. The Bertz CT molecular complexity index is 498. The second-order valence-corrected chi connectivity index (χ2v) is 7.19. The summed E-state index contributed by atoms with van der Waals surface area (Å²) in [5.74, 6) is 0.993. The van der Waals surface area contributed by atoms with Crippen LogP contribution in [0.3, 0.4) is 0 Å². The predicted octanol–water partition coefficient (Wildman–Crippen LogP) is 3.66. The van der Waals surface area contributed by atoms with Gasteiger partial charge in [-0.25, -0.2) is 0 Å². The summed E-state index contributed by atoms with van der Waals surface area (Å²) in [6.45, 7) is 8.01. The first-order chi connectivity index (χ1) is 10.3. The van der Waals surface area contributed by atoms with Gasteiger partial charge in [-0.15, -0.1) is 0 Å². The number of aryl methyl sites for hydroxylation is 1. The maximum Gasteiger partial charge on any atom is 0.123 e. The highest BCUT2D eigenvalue weighted by Crippen LogP contribution is 2.25. The Balaban J connectivity index is 2.60. The largest absolute Gasteiger partial charge is 0.507 e. The summed E-state index contributed by atoms with van der Waals surface area (Å²) in [4.78, 5) is 3.03. The van der Waals surface area contributed by atoms with Crippen molar-refractivity contribution in [3.63, 3.8) is 0 Å². The normalized spacial score (nSPS) is 11.2. The minimum absolute atomic E-state index is 0.385. The van der Waals surface area contributed by atoms with E-state index in [9.17, 15) is 5.11 Å². The van der Waals surface area contributed by atoms with E-state index in [1.807, 2.05) is 6.92 Å². The zero-order valence-corrected chi connectivity index (χ0v) is 15.4. The van der Waals surface area contributed by atoms with Crippen molar-refractivity contribution < 1.29 is 5.11 Å². The van der Waals surface area contributed by atoms with Crippen LogP contribution in [0.4, 0.5) is 0 Å². The Kier molecular flexibility index (Phi) is 7.83. The fourth-order valence-corrected chi connectivity index (χ4v) is 2.71. The van der Waals surface area contributed by atoms with Gasteiger partial charge in [-0.05, 0) is 63.9 Å². The lowest BCUT2D eigenvalue weighted by Gasteiger charge is -2.14. The Labute approximate surface area is 140 Å². The molecule has 1 rings (SSSR count). The van der Waals surface area contributed by atoms with Crippen LogP contribution in [-0.4, -0.2) is 35.6 Å². The minimum Gasteiger partial charge on any atom is -0.507 e. The molecule has 0 unspecified atom stereocenters. The van der Waals surface area contributed by atoms with Gasteiger partial charge in [0, 0.05) is 12.1 Å². The highest BCUT2D eigenvalue weighted by molar-refractivity contribution is 7.80. The second kappa shape index (κ2) is 9.11. The molecule has 3 nitrogen and oxygen atoms in total. The highest BCUT2D eigenvalue weighted by Gasteiger charge is 2.09. The van der Waals surface area contributed by atoms with Crippen molar-refractivity contribution in [3.05, 3.63) is 28.8 Å². The van der Waals surface area contributed by atoms with E-state index < -0.39 is 0 Å². The quantitative estimate of drug-likeness (QED) is 0.716. The van der Waals surface area contributed by atoms with Gasteiger partial charge in [0.1, 0.15) is 5.75 Å². The minimum atomic E-state index is 0.385. The highest BCUT2D eigenvalue weighted by atomic mass is 32.1. The molecule has 0 fully saturated rings. The molecule has 0 radical (unpaired) electrons. The smallest absolute Gasteiger partial charge is 0.123 e. The Hall–Kier alpha value is -1.13. The molecular weight excluding hydrogens is 292 g/mol. The number of thiocarbonyl (C=S) groups is 1. The third kappa shape index (κ3) is 6.75. The van der Waals surface area contributed by atoms with E-state index in [2.05, 4.69) is 50.3 Å². The molecule has 0 amide bonds. The van der Waals surface area contributed by atoms with Gasteiger partial charge >= 0.3 is 0 Å². The number of hydrogen-bond acceptors (Lipinski definition) is 3. The van der Waals surface area contributed by atoms with Crippen LogP contribution in [0.15, 0.2) is 12.1 Å². The molecule has 0 aliphatic heterocycles. The van der Waals surface area contributed by atoms with E-state index in [0.717, 1.165) is 41.9 Å². The lowest BCUT2D eigenvalue weighted by molar-refractivity contribution is 0.403. The second-order valence-electron chi connectivity index (χ2n) is 6.70. The van der Waals surface area contributed by atoms with E-state index >= 15 is 0 Å². The monoisotopic (exact) mass is 322 g/mol. The Morgan fingerprint density at radius 3 is 2.59 bits per heavy atom. The number of benzene rings is 1. The summed E-state index contributed by atoms with van der Waals surface area (Å²) in [6.07, 6.45) is 2.97. The Morgan fingerprint density at radius 1 is 1.32 bits per heavy atom. The van der Waals surface area contributed by atoms with Gasteiger partial charge in [-0.1, -0.05) is 38.2 Å². The lowest BCUT2D eigenvalue weighted by atomic mass is 9.98. The topological polar surface area (TPSA) is 35.5 Å². The summed E-state index contributed by atoms with van der Waals surface area (Å²) in [6, 6.07) is 4.17. The third-order valence-electron chi connectivity index (χ3n) is 3.57. The zero-order chi connectivity index (χ0) is 16.7. The molecule has 0 saturated heterocycles. The first kappa shape index (κ1) is 18.9. The van der Waals surface area contributed by atoms with Crippen LogP contribution in [0.1, 0.15) is 43.4 Å². The number of hydrogen-bond donors (Lipinski definition) is 2. The molecular formula is C18H30N2OS. The SMILES string of the molecule is Cc1cc(CC(C)C)cc(CNC(=S)CCCN(C)C)c1O. The molecule has 22 heavy (non-hydrogen) atoms. The molecule has 0 heterocycles. The summed E-state index contributed by atoms with van der Waals surface area (Å²) in [5, 5.41) is 13.5. The van der Waals surface area contributed by atoms with Gasteiger partial charge in [0.15, 0.2) is 0 Å². The summed E-state index contributed by atoms with van der Waals surface area (Å²) < 4.78 is 0. The molecule has 0 aromatic heterocycles. The van der Waals surface area contributed by atoms with E-state index in [0.29, 0.717) is 18.2 Å². The van der Waals surface area contributed by atoms with Gasteiger partial charge in [-0.2, -0.15) is 0 Å². The van der Waals surface area contributed by atoms with Crippen LogP contribution in [-0.2, 0) is 13.0 Å². The molecule has 4 heteroatoms. The van der Waals surface area contributed by atoms with Gasteiger partial charge in [0.25, 0.3) is 0 Å². The maximum atomic E-state index is 10.2. The molecule has 0 saturated carbocycles. The summed E-state index contributed by atoms with van der Waals surface area (Å²) in [7, 11) is 4.13. The number of nitrogens with zero attached hydrogens (tertiary/aromatic N) is 1. The van der Waals surface area contributed by atoms with Crippen molar-refractivity contribution in [1.29, 1.82) is 0 Å². The lowest BCUT2D eigenvalue weighted by Crippen LogP contribution is -2.22. The van der Waals surface area contributed by atoms with Crippen LogP contribution >= 0.6 is 12.2 Å². The van der Waals surface area contributed by atoms with Crippen molar-refractivity contribution in [2.45, 2.75) is 46.6 Å². The molecule has 124 valence electrons. The molecule has 0 bridgehead atoms. The molecule has 1 aromatic rings. The van der Waals surface area contributed by atoms with Gasteiger partial charge in [-0.3, -0.25) is 0 Å². The maximum absolute atomic E-state index is 10.2. The van der Waals surface area contributed by atoms with E-state index in [4.69, 9.17) is 12.2 Å². The van der Waals surface area contributed by atoms with Crippen molar-refractivity contribution in [3.8, 4) is 5.75 Å². The molecule has 0 aliphatic rings. The van der Waals surface area contributed by atoms with Crippen LogP contribution in [0.25, 0.3) is 0 Å². The van der Waals surface area contributed by atoms with E-state index in [1.165, 1.54) is 5.56 Å². The average Bonchev–Trinajstić information content (AvgIpc) is 2.40. The van der Waals surface area contributed by atoms with Crippen molar-refractivity contribution in [2.24, 2.45) is 5.92 Å². The number of phenolic OH excluding ortho intramolecular Hbond substituents is 1. The molecule has 0 aliphatic carbocycles. The van der Waals surface area contributed by atoms with Crippen LogP contribution in [0.5, 0.6) is 5.75 Å². The van der Waals surface area contributed by atoms with Crippen molar-refractivity contribution in [1.82, 2.24) is 10.2 Å². The molecule has 0 spiro atoms. The zero-order valence-electron chi connectivity index (χ0n) is 14.6. The van der Waals surface area contributed by atoms with Gasteiger partial charge in [0.2, 0.25) is 0 Å². The van der Waals surface area contributed by atoms with Crippen LogP contribution in [0.2, 0.25) is 0 Å². The number of phenols is 1. The van der Waals surface area contributed by atoms with Gasteiger partial charge < -0.3 is 15.3 Å². The molecule has 0 atom stereocenters. The fraction of sp³-hybridized carbons (Fsp3) is 0.611. The number of rotatable bonds is 8. The number of aromatic hydroxyl groups is 1.